The number of anilines is 1. The van der Waals surface area contributed by atoms with Crippen molar-refractivity contribution in [1.82, 2.24) is 9.97 Å². The lowest BCUT2D eigenvalue weighted by molar-refractivity contribution is -0.141. The number of rotatable bonds is 2. The number of amides is 1. The van der Waals surface area contributed by atoms with Crippen LogP contribution in [0.25, 0.3) is 0 Å². The summed E-state index contributed by atoms with van der Waals surface area (Å²) in [5.41, 5.74) is 0.181. The van der Waals surface area contributed by atoms with Crippen molar-refractivity contribution in [3.63, 3.8) is 0 Å². The maximum atomic E-state index is 12.6. The summed E-state index contributed by atoms with van der Waals surface area (Å²) in [6, 6.07) is 3.19. The predicted octanol–water partition coefficient (Wildman–Crippen LogP) is 2.96. The number of carbonyl (C=O) groups excluding carboxylic acids is 1. The van der Waals surface area contributed by atoms with Gasteiger partial charge in [0.05, 0.1) is 11.4 Å². The number of carbonyl (C=O) groups is 1. The lowest BCUT2D eigenvalue weighted by atomic mass is 10.2. The molecule has 0 aliphatic rings. The molecule has 0 saturated carbocycles. The van der Waals surface area contributed by atoms with Crippen molar-refractivity contribution >= 4 is 11.6 Å². The van der Waals surface area contributed by atoms with Gasteiger partial charge in [-0.05, 0) is 26.0 Å². The number of halogens is 3. The molecular weight excluding hydrogens is 275 g/mol. The highest BCUT2D eigenvalue weighted by Gasteiger charge is 2.39. The molecule has 0 aromatic carbocycles. The van der Waals surface area contributed by atoms with Crippen molar-refractivity contribution in [2.45, 2.75) is 20.0 Å². The lowest BCUT2D eigenvalue weighted by Gasteiger charge is -2.08. The third kappa shape index (κ3) is 2.79. The second-order valence-corrected chi connectivity index (χ2v) is 4.07. The van der Waals surface area contributed by atoms with Crippen LogP contribution in [0.1, 0.15) is 27.6 Å². The van der Waals surface area contributed by atoms with Gasteiger partial charge in [-0.1, -0.05) is 0 Å². The molecule has 0 aliphatic carbocycles. The van der Waals surface area contributed by atoms with Gasteiger partial charge in [0.25, 0.3) is 5.91 Å². The molecule has 106 valence electrons. The monoisotopic (exact) mass is 285 g/mol. The van der Waals surface area contributed by atoms with Gasteiger partial charge in [0.1, 0.15) is 0 Å². The van der Waals surface area contributed by atoms with Crippen LogP contribution in [-0.2, 0) is 6.18 Å². The highest BCUT2D eigenvalue weighted by atomic mass is 19.4. The van der Waals surface area contributed by atoms with Crippen LogP contribution >= 0.6 is 0 Å². The standard InChI is InChI=1S/C12H10F3N3O2/c1-6-3-4-8(7(2)17-6)18-11(19)9-10(12(13,14)15)16-5-20-9/h3-5H,1-2H3,(H,18,19). The third-order valence-electron chi connectivity index (χ3n) is 2.52. The summed E-state index contributed by atoms with van der Waals surface area (Å²) in [5, 5.41) is 2.32. The van der Waals surface area contributed by atoms with Crippen molar-refractivity contribution in [2.75, 3.05) is 5.32 Å². The Kier molecular flexibility index (Phi) is 3.47. The fraction of sp³-hybridized carbons (Fsp3) is 0.250. The number of nitrogens with zero attached hydrogens (tertiary/aromatic N) is 2. The number of oxazole rings is 1. The van der Waals surface area contributed by atoms with E-state index in [0.717, 1.165) is 5.69 Å². The number of alkyl halides is 3. The fourth-order valence-corrected chi connectivity index (χ4v) is 1.61. The molecule has 0 unspecified atom stereocenters. The number of pyridine rings is 1. The van der Waals surface area contributed by atoms with Gasteiger partial charge < -0.3 is 9.73 Å². The first-order valence-electron chi connectivity index (χ1n) is 5.55. The van der Waals surface area contributed by atoms with E-state index in [0.29, 0.717) is 17.8 Å². The highest BCUT2D eigenvalue weighted by Crippen LogP contribution is 2.31. The molecule has 2 aromatic heterocycles. The van der Waals surface area contributed by atoms with E-state index < -0.39 is 23.5 Å². The topological polar surface area (TPSA) is 68.0 Å². The van der Waals surface area contributed by atoms with Gasteiger partial charge in [-0.3, -0.25) is 9.78 Å². The molecule has 8 heteroatoms. The van der Waals surface area contributed by atoms with Crippen LogP contribution in [0, 0.1) is 13.8 Å². The summed E-state index contributed by atoms with van der Waals surface area (Å²) < 4.78 is 42.3. The molecule has 0 saturated heterocycles. The molecule has 0 aliphatic heterocycles. The molecule has 1 N–H and O–H groups in total. The maximum Gasteiger partial charge on any atom is 0.437 e. The van der Waals surface area contributed by atoms with Crippen LogP contribution < -0.4 is 5.32 Å². The van der Waals surface area contributed by atoms with Gasteiger partial charge in [-0.25, -0.2) is 4.98 Å². The van der Waals surface area contributed by atoms with Gasteiger partial charge >= 0.3 is 6.18 Å². The van der Waals surface area contributed by atoms with Crippen LogP contribution in [0.15, 0.2) is 22.9 Å². The molecule has 0 spiro atoms. The van der Waals surface area contributed by atoms with Crippen molar-refractivity contribution < 1.29 is 22.4 Å². The summed E-state index contributed by atoms with van der Waals surface area (Å²) in [5.74, 6) is -1.90. The quantitative estimate of drug-likeness (QED) is 0.921. The average Bonchev–Trinajstić information content (AvgIpc) is 2.81. The van der Waals surface area contributed by atoms with E-state index >= 15 is 0 Å². The van der Waals surface area contributed by atoms with Crippen molar-refractivity contribution in [3.8, 4) is 0 Å². The molecule has 0 atom stereocenters. The van der Waals surface area contributed by atoms with E-state index in [2.05, 4.69) is 19.7 Å². The zero-order chi connectivity index (χ0) is 14.9. The Balaban J connectivity index is 2.27. The molecule has 0 fully saturated rings. The minimum absolute atomic E-state index is 0.310. The number of aromatic nitrogens is 2. The zero-order valence-electron chi connectivity index (χ0n) is 10.6. The Hall–Kier alpha value is -2.38. The van der Waals surface area contributed by atoms with Gasteiger partial charge in [0, 0.05) is 5.69 Å². The second kappa shape index (κ2) is 4.95. The molecule has 20 heavy (non-hydrogen) atoms. The summed E-state index contributed by atoms with van der Waals surface area (Å²) in [6.07, 6.45) is -4.17. The summed E-state index contributed by atoms with van der Waals surface area (Å²) in [7, 11) is 0. The van der Waals surface area contributed by atoms with E-state index in [1.807, 2.05) is 0 Å². The minimum atomic E-state index is -4.75. The molecule has 1 amide bonds. The van der Waals surface area contributed by atoms with E-state index in [9.17, 15) is 18.0 Å². The number of hydrogen-bond acceptors (Lipinski definition) is 4. The fourth-order valence-electron chi connectivity index (χ4n) is 1.61. The lowest BCUT2D eigenvalue weighted by Crippen LogP contribution is -2.18. The molecule has 2 rings (SSSR count). The van der Waals surface area contributed by atoms with Crippen LogP contribution in [-0.4, -0.2) is 15.9 Å². The van der Waals surface area contributed by atoms with Crippen LogP contribution in [0.4, 0.5) is 18.9 Å². The SMILES string of the molecule is Cc1ccc(NC(=O)c2ocnc2C(F)(F)F)c(C)n1. The second-order valence-electron chi connectivity index (χ2n) is 4.07. The normalized spacial score (nSPS) is 11.4. The van der Waals surface area contributed by atoms with Crippen molar-refractivity contribution in [3.05, 3.63) is 41.4 Å². The first-order valence-corrected chi connectivity index (χ1v) is 5.55. The first kappa shape index (κ1) is 14.0. The van der Waals surface area contributed by atoms with Gasteiger partial charge in [0.2, 0.25) is 5.76 Å². The largest absolute Gasteiger partial charge is 0.438 e. The molecule has 5 nitrogen and oxygen atoms in total. The van der Waals surface area contributed by atoms with Gasteiger partial charge in [-0.15, -0.1) is 0 Å². The number of nitrogens with one attached hydrogen (secondary N) is 1. The summed E-state index contributed by atoms with van der Waals surface area (Å²) >= 11 is 0. The molecule has 2 heterocycles. The molecular formula is C12H10F3N3O2. The average molecular weight is 285 g/mol. The predicted molar refractivity (Wildman–Crippen MR) is 63.2 cm³/mol. The van der Waals surface area contributed by atoms with E-state index in [1.54, 1.807) is 26.0 Å². The Morgan fingerprint density at radius 2 is 2.00 bits per heavy atom. The Morgan fingerprint density at radius 1 is 1.30 bits per heavy atom. The Labute approximate surface area is 111 Å². The minimum Gasteiger partial charge on any atom is -0.438 e. The van der Waals surface area contributed by atoms with Crippen molar-refractivity contribution in [2.24, 2.45) is 0 Å². The number of hydrogen-bond donors (Lipinski definition) is 1. The van der Waals surface area contributed by atoms with Crippen LogP contribution in [0.3, 0.4) is 0 Å². The van der Waals surface area contributed by atoms with Crippen LogP contribution in [0.2, 0.25) is 0 Å². The summed E-state index contributed by atoms with van der Waals surface area (Å²) in [4.78, 5) is 18.9. The van der Waals surface area contributed by atoms with E-state index in [1.165, 1.54) is 0 Å². The Bertz CT molecular complexity index is 650. The Morgan fingerprint density at radius 3 is 2.60 bits per heavy atom. The van der Waals surface area contributed by atoms with Crippen molar-refractivity contribution in [1.29, 1.82) is 0 Å². The molecule has 0 radical (unpaired) electrons. The van der Waals surface area contributed by atoms with Gasteiger partial charge in [0.15, 0.2) is 12.1 Å². The number of aryl methyl sites for hydroxylation is 2. The zero-order valence-corrected chi connectivity index (χ0v) is 10.6. The van der Waals surface area contributed by atoms with Gasteiger partial charge in [-0.2, -0.15) is 13.2 Å². The molecule has 2 aromatic rings. The third-order valence-corrected chi connectivity index (χ3v) is 2.52. The molecule has 0 bridgehead atoms. The first-order chi connectivity index (χ1) is 9.29. The van der Waals surface area contributed by atoms with Crippen LogP contribution in [0.5, 0.6) is 0 Å². The maximum absolute atomic E-state index is 12.6. The smallest absolute Gasteiger partial charge is 0.437 e. The van der Waals surface area contributed by atoms with E-state index in [4.69, 9.17) is 0 Å². The van der Waals surface area contributed by atoms with E-state index in [-0.39, 0.29) is 0 Å². The summed E-state index contributed by atoms with van der Waals surface area (Å²) in [6.45, 7) is 3.39. The highest BCUT2D eigenvalue weighted by molar-refractivity contribution is 6.03.